The molecule has 1 aromatic carbocycles. The predicted octanol–water partition coefficient (Wildman–Crippen LogP) is 1.12. The predicted molar refractivity (Wildman–Crippen MR) is 75.2 cm³/mol. The van der Waals surface area contributed by atoms with E-state index in [9.17, 15) is 9.59 Å². The van der Waals surface area contributed by atoms with Gasteiger partial charge in [0.1, 0.15) is 18.5 Å². The summed E-state index contributed by atoms with van der Waals surface area (Å²) < 4.78 is 10.7. The monoisotopic (exact) mass is 293 g/mol. The Bertz CT molecular complexity index is 517. The molecule has 6 nitrogen and oxygen atoms in total. The van der Waals surface area contributed by atoms with Crippen LogP contribution in [-0.4, -0.2) is 42.3 Å². The number of aryl methyl sites for hydroxylation is 1. The van der Waals surface area contributed by atoms with Crippen LogP contribution in [0.3, 0.4) is 0 Å². The zero-order chi connectivity index (χ0) is 15.2. The van der Waals surface area contributed by atoms with Crippen LogP contribution in [0.5, 0.6) is 5.75 Å². The van der Waals surface area contributed by atoms with Gasteiger partial charge in [0, 0.05) is 0 Å². The van der Waals surface area contributed by atoms with Crippen molar-refractivity contribution in [2.75, 3.05) is 13.2 Å². The van der Waals surface area contributed by atoms with E-state index in [1.54, 1.807) is 0 Å². The maximum Gasteiger partial charge on any atom is 0.332 e. The van der Waals surface area contributed by atoms with E-state index in [2.05, 4.69) is 5.32 Å². The molecular weight excluding hydrogens is 274 g/mol. The molecule has 0 saturated carbocycles. The van der Waals surface area contributed by atoms with E-state index in [0.29, 0.717) is 26.0 Å². The van der Waals surface area contributed by atoms with Crippen molar-refractivity contribution in [2.45, 2.75) is 32.0 Å². The average Bonchev–Trinajstić information content (AvgIpc) is 2.95. The number of hydrogen-bond acceptors (Lipinski definition) is 4. The summed E-state index contributed by atoms with van der Waals surface area (Å²) in [5.41, 5.74) is 1.03. The summed E-state index contributed by atoms with van der Waals surface area (Å²) >= 11 is 0. The molecule has 0 aromatic heterocycles. The maximum atomic E-state index is 11.8. The van der Waals surface area contributed by atoms with E-state index in [0.717, 1.165) is 11.3 Å². The number of hydrogen-bond donors (Lipinski definition) is 2. The number of benzene rings is 1. The smallest absolute Gasteiger partial charge is 0.332 e. The highest BCUT2D eigenvalue weighted by Crippen LogP contribution is 2.20. The molecule has 0 spiro atoms. The first-order chi connectivity index (χ1) is 10.1. The van der Waals surface area contributed by atoms with Gasteiger partial charge in [-0.2, -0.15) is 0 Å². The fourth-order valence-corrected chi connectivity index (χ4v) is 2.18. The van der Waals surface area contributed by atoms with Gasteiger partial charge >= 0.3 is 5.97 Å². The van der Waals surface area contributed by atoms with E-state index < -0.39 is 18.2 Å². The van der Waals surface area contributed by atoms with Crippen molar-refractivity contribution in [1.29, 1.82) is 0 Å². The molecule has 2 rings (SSSR count). The highest BCUT2D eigenvalue weighted by Gasteiger charge is 2.34. The minimum absolute atomic E-state index is 0.285. The molecule has 1 aliphatic rings. The van der Waals surface area contributed by atoms with Crippen LogP contribution in [0.1, 0.15) is 18.4 Å². The summed E-state index contributed by atoms with van der Waals surface area (Å²) in [6, 6.07) is 7.64. The minimum Gasteiger partial charge on any atom is -0.491 e. The quantitative estimate of drug-likeness (QED) is 0.768. The molecular formula is C15H19NO5. The number of amides is 1. The molecule has 2 N–H and O–H groups in total. The van der Waals surface area contributed by atoms with Crippen molar-refractivity contribution in [1.82, 2.24) is 5.32 Å². The largest absolute Gasteiger partial charge is 0.491 e. The van der Waals surface area contributed by atoms with Gasteiger partial charge in [-0.15, -0.1) is 0 Å². The van der Waals surface area contributed by atoms with E-state index in [1.165, 1.54) is 0 Å². The second-order valence-corrected chi connectivity index (χ2v) is 4.93. The first-order valence-electron chi connectivity index (χ1n) is 6.92. The molecule has 6 heteroatoms. The topological polar surface area (TPSA) is 84.9 Å². The fourth-order valence-electron chi connectivity index (χ4n) is 2.18. The van der Waals surface area contributed by atoms with Crippen molar-refractivity contribution < 1.29 is 24.2 Å². The molecule has 0 unspecified atom stereocenters. The first-order valence-corrected chi connectivity index (χ1v) is 6.92. The lowest BCUT2D eigenvalue weighted by atomic mass is 10.2. The van der Waals surface area contributed by atoms with Crippen LogP contribution in [0.15, 0.2) is 24.3 Å². The third kappa shape index (κ3) is 4.19. The van der Waals surface area contributed by atoms with E-state index in [4.69, 9.17) is 14.6 Å². The Labute approximate surface area is 123 Å². The average molecular weight is 293 g/mol. The highest BCUT2D eigenvalue weighted by atomic mass is 16.5. The van der Waals surface area contributed by atoms with Crippen LogP contribution >= 0.6 is 0 Å². The number of rotatable bonds is 6. The van der Waals surface area contributed by atoms with Gasteiger partial charge in [-0.3, -0.25) is 4.79 Å². The third-order valence-electron chi connectivity index (χ3n) is 3.34. The van der Waals surface area contributed by atoms with Gasteiger partial charge in [0.2, 0.25) is 5.91 Å². The van der Waals surface area contributed by atoms with Crippen molar-refractivity contribution in [3.05, 3.63) is 29.8 Å². The summed E-state index contributed by atoms with van der Waals surface area (Å²) in [4.78, 5) is 22.5. The van der Waals surface area contributed by atoms with Crippen LogP contribution in [0.4, 0.5) is 0 Å². The fraction of sp³-hybridized carbons (Fsp3) is 0.467. The molecule has 2 atom stereocenters. The number of carbonyl (C=O) groups excluding carboxylic acids is 1. The van der Waals surface area contributed by atoms with E-state index in [-0.39, 0.29) is 5.91 Å². The number of nitrogens with one attached hydrogen (secondary N) is 1. The van der Waals surface area contributed by atoms with Crippen LogP contribution in [0.2, 0.25) is 0 Å². The molecule has 1 fully saturated rings. The first kappa shape index (κ1) is 15.3. The number of aliphatic carboxylic acids is 1. The normalized spacial score (nSPS) is 21.0. The van der Waals surface area contributed by atoms with Gasteiger partial charge < -0.3 is 19.9 Å². The molecule has 1 aromatic rings. The SMILES string of the molecule is Cc1ccccc1OCCNC(=O)[C@@H]1CC[C@H](C(=O)O)O1. The Morgan fingerprint density at radius 3 is 2.71 bits per heavy atom. The zero-order valence-electron chi connectivity index (χ0n) is 11.9. The molecule has 1 aliphatic heterocycles. The third-order valence-corrected chi connectivity index (χ3v) is 3.34. The molecule has 0 radical (unpaired) electrons. The van der Waals surface area contributed by atoms with Crippen molar-refractivity contribution in [3.63, 3.8) is 0 Å². The van der Waals surface area contributed by atoms with Crippen molar-refractivity contribution in [2.24, 2.45) is 0 Å². The van der Waals surface area contributed by atoms with Gasteiger partial charge in [0.15, 0.2) is 6.10 Å². The molecule has 1 amide bonds. The number of carboxylic acid groups (broad SMARTS) is 1. The Balaban J connectivity index is 1.68. The minimum atomic E-state index is -1.02. The van der Waals surface area contributed by atoms with Gasteiger partial charge in [-0.1, -0.05) is 18.2 Å². The van der Waals surface area contributed by atoms with Crippen LogP contribution in [0, 0.1) is 6.92 Å². The Hall–Kier alpha value is -2.08. The Morgan fingerprint density at radius 2 is 2.05 bits per heavy atom. The van der Waals surface area contributed by atoms with Gasteiger partial charge in [0.25, 0.3) is 0 Å². The van der Waals surface area contributed by atoms with Crippen molar-refractivity contribution >= 4 is 11.9 Å². The summed E-state index contributed by atoms with van der Waals surface area (Å²) in [6.07, 6.45) is -0.747. The lowest BCUT2D eigenvalue weighted by molar-refractivity contribution is -0.151. The number of para-hydroxylation sites is 1. The molecule has 0 bridgehead atoms. The molecule has 114 valence electrons. The summed E-state index contributed by atoms with van der Waals surface area (Å²) in [5, 5.41) is 11.5. The zero-order valence-corrected chi connectivity index (χ0v) is 11.9. The summed E-state index contributed by atoms with van der Waals surface area (Å²) in [6.45, 7) is 2.66. The van der Waals surface area contributed by atoms with Crippen molar-refractivity contribution in [3.8, 4) is 5.75 Å². The van der Waals surface area contributed by atoms with E-state index in [1.807, 2.05) is 31.2 Å². The lowest BCUT2D eigenvalue weighted by Gasteiger charge is -2.13. The van der Waals surface area contributed by atoms with Crippen LogP contribution in [-0.2, 0) is 14.3 Å². The highest BCUT2D eigenvalue weighted by molar-refractivity contribution is 5.82. The number of ether oxygens (including phenoxy) is 2. The number of carboxylic acids is 1. The number of carbonyl (C=O) groups is 2. The van der Waals surface area contributed by atoms with Gasteiger partial charge in [-0.05, 0) is 31.4 Å². The molecule has 1 saturated heterocycles. The van der Waals surface area contributed by atoms with Gasteiger partial charge in [-0.25, -0.2) is 4.79 Å². The summed E-state index contributed by atoms with van der Waals surface area (Å²) in [5.74, 6) is -0.518. The second kappa shape index (κ2) is 7.08. The maximum absolute atomic E-state index is 11.8. The second-order valence-electron chi connectivity index (χ2n) is 4.93. The van der Waals surface area contributed by atoms with E-state index >= 15 is 0 Å². The lowest BCUT2D eigenvalue weighted by Crippen LogP contribution is -2.37. The molecule has 1 heterocycles. The van der Waals surface area contributed by atoms with Crippen LogP contribution < -0.4 is 10.1 Å². The van der Waals surface area contributed by atoms with Gasteiger partial charge in [0.05, 0.1) is 6.54 Å². The Morgan fingerprint density at radius 1 is 1.33 bits per heavy atom. The molecule has 21 heavy (non-hydrogen) atoms. The van der Waals surface area contributed by atoms with Crippen LogP contribution in [0.25, 0.3) is 0 Å². The molecule has 0 aliphatic carbocycles. The standard InChI is InChI=1S/C15H19NO5/c1-10-4-2-3-5-11(10)20-9-8-16-14(17)12-6-7-13(21-12)15(18)19/h2-5,12-13H,6-9H2,1H3,(H,16,17)(H,18,19)/t12-,13+/m0/s1. The Kier molecular flexibility index (Phi) is 5.16. The summed E-state index contributed by atoms with van der Waals surface area (Å²) in [7, 11) is 0.